The molecule has 0 aromatic heterocycles. The lowest BCUT2D eigenvalue weighted by atomic mass is 9.97. The van der Waals surface area contributed by atoms with Gasteiger partial charge in [0.2, 0.25) is 0 Å². The lowest BCUT2D eigenvalue weighted by Crippen LogP contribution is -2.36. The van der Waals surface area contributed by atoms with Gasteiger partial charge in [0.25, 0.3) is 0 Å². The molecule has 1 aliphatic rings. The highest BCUT2D eigenvalue weighted by Gasteiger charge is 2.19. The topological polar surface area (TPSA) is 32.8 Å². The Morgan fingerprint density at radius 3 is 2.42 bits per heavy atom. The second-order valence-corrected chi connectivity index (χ2v) is 6.85. The van der Waals surface area contributed by atoms with Crippen molar-refractivity contribution in [2.45, 2.75) is 45.6 Å². The second-order valence-electron chi connectivity index (χ2n) is 6.85. The van der Waals surface area contributed by atoms with Crippen LogP contribution in [0.1, 0.15) is 40.0 Å². The zero-order valence-electron chi connectivity index (χ0n) is 13.2. The fourth-order valence-electron chi connectivity index (χ4n) is 2.45. The van der Waals surface area contributed by atoms with Crippen molar-refractivity contribution < 1.29 is 9.53 Å². The van der Waals surface area contributed by atoms with E-state index in [1.807, 2.05) is 20.8 Å². The fraction of sp³-hybridized carbons (Fsp3) is 0.933. The lowest BCUT2D eigenvalue weighted by molar-refractivity contribution is -0.155. The SMILES string of the molecule is CN1CCC(CN(C)CCC(=O)OC(C)(C)C)CC1. The molecule has 4 heteroatoms. The van der Waals surface area contributed by atoms with E-state index in [1.54, 1.807) is 0 Å². The number of piperidine rings is 1. The molecule has 0 radical (unpaired) electrons. The molecule has 4 nitrogen and oxygen atoms in total. The van der Waals surface area contributed by atoms with Crippen LogP contribution >= 0.6 is 0 Å². The zero-order valence-corrected chi connectivity index (χ0v) is 13.2. The maximum Gasteiger partial charge on any atom is 0.307 e. The van der Waals surface area contributed by atoms with Crippen LogP contribution in [0.25, 0.3) is 0 Å². The number of hydrogen-bond acceptors (Lipinski definition) is 4. The Morgan fingerprint density at radius 2 is 1.89 bits per heavy atom. The maximum atomic E-state index is 11.6. The van der Waals surface area contributed by atoms with Crippen LogP contribution in [0.4, 0.5) is 0 Å². The minimum absolute atomic E-state index is 0.0947. The summed E-state index contributed by atoms with van der Waals surface area (Å²) in [7, 11) is 4.28. The molecule has 1 aliphatic heterocycles. The Balaban J connectivity index is 2.17. The van der Waals surface area contributed by atoms with E-state index in [9.17, 15) is 4.79 Å². The number of ether oxygens (including phenoxy) is 1. The number of carbonyl (C=O) groups excluding carboxylic acids is 1. The summed E-state index contributed by atoms with van der Waals surface area (Å²) in [5.41, 5.74) is -0.371. The molecular weight excluding hydrogens is 240 g/mol. The van der Waals surface area contributed by atoms with Crippen molar-refractivity contribution in [3.63, 3.8) is 0 Å². The van der Waals surface area contributed by atoms with Crippen molar-refractivity contribution in [1.82, 2.24) is 9.80 Å². The summed E-state index contributed by atoms with van der Waals surface area (Å²) in [5.74, 6) is 0.683. The number of nitrogens with zero attached hydrogens (tertiary/aromatic N) is 2. The standard InChI is InChI=1S/C15H30N2O2/c1-15(2,3)19-14(18)8-11-17(5)12-13-6-9-16(4)10-7-13/h13H,6-12H2,1-5H3. The second kappa shape index (κ2) is 7.25. The van der Waals surface area contributed by atoms with Crippen LogP contribution in [0.5, 0.6) is 0 Å². The average Bonchev–Trinajstić information content (AvgIpc) is 2.27. The summed E-state index contributed by atoms with van der Waals surface area (Å²) in [5, 5.41) is 0. The molecule has 0 aromatic rings. The van der Waals surface area contributed by atoms with Gasteiger partial charge in [0.05, 0.1) is 6.42 Å². The molecular formula is C15H30N2O2. The highest BCUT2D eigenvalue weighted by Crippen LogP contribution is 2.17. The Kier molecular flexibility index (Phi) is 6.27. The largest absolute Gasteiger partial charge is 0.460 e. The van der Waals surface area contributed by atoms with Crippen molar-refractivity contribution in [2.75, 3.05) is 40.3 Å². The van der Waals surface area contributed by atoms with Crippen molar-refractivity contribution in [2.24, 2.45) is 5.92 Å². The van der Waals surface area contributed by atoms with Gasteiger partial charge in [-0.25, -0.2) is 0 Å². The third-order valence-electron chi connectivity index (χ3n) is 3.53. The predicted molar refractivity (Wildman–Crippen MR) is 78.2 cm³/mol. The smallest absolute Gasteiger partial charge is 0.307 e. The van der Waals surface area contributed by atoms with Crippen molar-refractivity contribution in [1.29, 1.82) is 0 Å². The molecule has 19 heavy (non-hydrogen) atoms. The van der Waals surface area contributed by atoms with Gasteiger partial charge in [-0.1, -0.05) is 0 Å². The first kappa shape index (κ1) is 16.4. The molecule has 1 fully saturated rings. The molecule has 0 N–H and O–H groups in total. The van der Waals surface area contributed by atoms with Gasteiger partial charge in [-0.05, 0) is 66.7 Å². The minimum Gasteiger partial charge on any atom is -0.460 e. The zero-order chi connectivity index (χ0) is 14.5. The van der Waals surface area contributed by atoms with Crippen LogP contribution in [-0.4, -0.2) is 61.6 Å². The third kappa shape index (κ3) is 7.53. The lowest BCUT2D eigenvalue weighted by Gasteiger charge is -2.31. The third-order valence-corrected chi connectivity index (χ3v) is 3.53. The summed E-state index contributed by atoms with van der Waals surface area (Å²) >= 11 is 0. The summed E-state index contributed by atoms with van der Waals surface area (Å²) in [4.78, 5) is 16.3. The Bertz CT molecular complexity index is 278. The molecule has 1 rings (SSSR count). The number of carbonyl (C=O) groups is 1. The van der Waals surface area contributed by atoms with Crippen LogP contribution < -0.4 is 0 Å². The first-order valence-electron chi connectivity index (χ1n) is 7.35. The van der Waals surface area contributed by atoms with E-state index in [4.69, 9.17) is 4.74 Å². The van der Waals surface area contributed by atoms with Crippen LogP contribution in [0.2, 0.25) is 0 Å². The van der Waals surface area contributed by atoms with Gasteiger partial charge in [-0.2, -0.15) is 0 Å². The van der Waals surface area contributed by atoms with Crippen LogP contribution in [0, 0.1) is 5.92 Å². The number of esters is 1. The monoisotopic (exact) mass is 270 g/mol. The van der Waals surface area contributed by atoms with Gasteiger partial charge in [0, 0.05) is 13.1 Å². The van der Waals surface area contributed by atoms with Gasteiger partial charge in [0.15, 0.2) is 0 Å². The van der Waals surface area contributed by atoms with E-state index in [-0.39, 0.29) is 11.6 Å². The number of rotatable bonds is 5. The number of hydrogen-bond donors (Lipinski definition) is 0. The van der Waals surface area contributed by atoms with E-state index in [0.717, 1.165) is 19.0 Å². The van der Waals surface area contributed by atoms with Gasteiger partial charge in [-0.3, -0.25) is 4.79 Å². The normalized spacial score (nSPS) is 18.8. The van der Waals surface area contributed by atoms with Gasteiger partial charge in [0.1, 0.15) is 5.60 Å². The van der Waals surface area contributed by atoms with E-state index >= 15 is 0 Å². The number of likely N-dealkylation sites (tertiary alicyclic amines) is 1. The molecule has 0 unspecified atom stereocenters. The van der Waals surface area contributed by atoms with E-state index < -0.39 is 0 Å². The quantitative estimate of drug-likeness (QED) is 0.715. The van der Waals surface area contributed by atoms with E-state index in [1.165, 1.54) is 25.9 Å². The Labute approximate surface area is 118 Å². The fourth-order valence-corrected chi connectivity index (χ4v) is 2.45. The molecule has 0 saturated carbocycles. The molecule has 0 aliphatic carbocycles. The first-order valence-corrected chi connectivity index (χ1v) is 7.35. The van der Waals surface area contributed by atoms with Gasteiger partial charge >= 0.3 is 5.97 Å². The molecule has 0 bridgehead atoms. The van der Waals surface area contributed by atoms with Crippen LogP contribution in [0.15, 0.2) is 0 Å². The molecule has 0 atom stereocenters. The molecule has 0 aromatic carbocycles. The minimum atomic E-state index is -0.371. The van der Waals surface area contributed by atoms with Crippen molar-refractivity contribution >= 4 is 5.97 Å². The maximum absolute atomic E-state index is 11.6. The van der Waals surface area contributed by atoms with Crippen LogP contribution in [-0.2, 0) is 9.53 Å². The van der Waals surface area contributed by atoms with Crippen LogP contribution in [0.3, 0.4) is 0 Å². The molecule has 0 spiro atoms. The molecule has 1 heterocycles. The Hall–Kier alpha value is -0.610. The van der Waals surface area contributed by atoms with Gasteiger partial charge < -0.3 is 14.5 Å². The Morgan fingerprint density at radius 1 is 1.32 bits per heavy atom. The molecule has 1 saturated heterocycles. The van der Waals surface area contributed by atoms with E-state index in [2.05, 4.69) is 23.9 Å². The summed E-state index contributed by atoms with van der Waals surface area (Å²) in [6, 6.07) is 0. The highest BCUT2D eigenvalue weighted by atomic mass is 16.6. The van der Waals surface area contributed by atoms with E-state index in [0.29, 0.717) is 6.42 Å². The van der Waals surface area contributed by atoms with Crippen molar-refractivity contribution in [3.8, 4) is 0 Å². The highest BCUT2D eigenvalue weighted by molar-refractivity contribution is 5.70. The first-order chi connectivity index (χ1) is 8.76. The predicted octanol–water partition coefficient (Wildman–Crippen LogP) is 1.99. The molecule has 112 valence electrons. The summed E-state index contributed by atoms with van der Waals surface area (Å²) in [6.07, 6.45) is 3.03. The summed E-state index contributed by atoms with van der Waals surface area (Å²) < 4.78 is 5.32. The summed E-state index contributed by atoms with van der Waals surface area (Å²) in [6.45, 7) is 10.0. The van der Waals surface area contributed by atoms with Crippen molar-refractivity contribution in [3.05, 3.63) is 0 Å². The average molecular weight is 270 g/mol. The van der Waals surface area contributed by atoms with Gasteiger partial charge in [-0.15, -0.1) is 0 Å². The molecule has 0 amide bonds.